The quantitative estimate of drug-likeness (QED) is 0.485. The molecule has 0 saturated carbocycles. The predicted molar refractivity (Wildman–Crippen MR) is 131 cm³/mol. The van der Waals surface area contributed by atoms with Gasteiger partial charge in [0.1, 0.15) is 11.5 Å². The molecule has 1 fully saturated rings. The van der Waals surface area contributed by atoms with Crippen LogP contribution in [0.1, 0.15) is 24.0 Å². The number of benzene rings is 2. The van der Waals surface area contributed by atoms with Gasteiger partial charge in [-0.15, -0.1) is 0 Å². The Morgan fingerprint density at radius 3 is 2.34 bits per heavy atom. The molecule has 0 atom stereocenters. The molecule has 5 heteroatoms. The fraction of sp³-hybridized carbons (Fsp3) is 0.481. The maximum Gasteiger partial charge on any atom is 0.126 e. The van der Waals surface area contributed by atoms with Crippen LogP contribution in [0.15, 0.2) is 54.6 Å². The number of para-hydroxylation sites is 2. The Kier molecular flexibility index (Phi) is 10.1. The second-order valence-corrected chi connectivity index (χ2v) is 8.43. The maximum absolute atomic E-state index is 5.52. The zero-order valence-electron chi connectivity index (χ0n) is 19.8. The first-order chi connectivity index (χ1) is 15.7. The first-order valence-electron chi connectivity index (χ1n) is 11.6. The van der Waals surface area contributed by atoms with Crippen LogP contribution in [0.5, 0.6) is 11.5 Å². The Labute approximate surface area is 193 Å². The van der Waals surface area contributed by atoms with Crippen molar-refractivity contribution < 1.29 is 14.2 Å². The summed E-state index contributed by atoms with van der Waals surface area (Å²) in [6, 6.07) is 16.5. The van der Waals surface area contributed by atoms with E-state index in [1.807, 2.05) is 30.3 Å². The number of hydrogen-bond acceptors (Lipinski definition) is 5. The van der Waals surface area contributed by atoms with Gasteiger partial charge in [-0.1, -0.05) is 48.6 Å². The van der Waals surface area contributed by atoms with E-state index in [9.17, 15) is 0 Å². The van der Waals surface area contributed by atoms with Crippen LogP contribution < -0.4 is 9.47 Å². The van der Waals surface area contributed by atoms with Gasteiger partial charge in [0, 0.05) is 44.4 Å². The molecule has 3 rings (SSSR count). The number of likely N-dealkylation sites (tertiary alicyclic amines) is 1. The highest BCUT2D eigenvalue weighted by Gasteiger charge is 2.22. The van der Waals surface area contributed by atoms with Gasteiger partial charge in [-0.05, 0) is 44.0 Å². The predicted octanol–water partition coefficient (Wildman–Crippen LogP) is 4.58. The number of piperidine rings is 1. The maximum atomic E-state index is 5.52. The lowest BCUT2D eigenvalue weighted by Gasteiger charge is -2.34. The van der Waals surface area contributed by atoms with Gasteiger partial charge in [-0.25, -0.2) is 0 Å². The van der Waals surface area contributed by atoms with Gasteiger partial charge in [0.2, 0.25) is 0 Å². The van der Waals surface area contributed by atoms with E-state index < -0.39 is 0 Å². The van der Waals surface area contributed by atoms with Crippen LogP contribution in [0.2, 0.25) is 0 Å². The Bertz CT molecular complexity index is 831. The van der Waals surface area contributed by atoms with Gasteiger partial charge in [0.25, 0.3) is 0 Å². The Morgan fingerprint density at radius 2 is 1.62 bits per heavy atom. The lowest BCUT2D eigenvalue weighted by Crippen LogP contribution is -2.39. The van der Waals surface area contributed by atoms with Crippen molar-refractivity contribution >= 4 is 6.08 Å². The minimum atomic E-state index is 0.723. The largest absolute Gasteiger partial charge is 0.496 e. The molecule has 0 bridgehead atoms. The molecule has 1 heterocycles. The summed E-state index contributed by atoms with van der Waals surface area (Å²) in [5.41, 5.74) is 2.39. The monoisotopic (exact) mass is 438 g/mol. The third-order valence-corrected chi connectivity index (χ3v) is 6.22. The van der Waals surface area contributed by atoms with Crippen molar-refractivity contribution in [3.8, 4) is 11.5 Å². The molecule has 0 radical (unpaired) electrons. The van der Waals surface area contributed by atoms with Crippen LogP contribution in [0, 0.1) is 5.92 Å². The molecular formula is C27H38N2O3. The van der Waals surface area contributed by atoms with Crippen LogP contribution >= 0.6 is 0 Å². The van der Waals surface area contributed by atoms with E-state index in [0.29, 0.717) is 0 Å². The molecule has 1 aliphatic heterocycles. The molecular weight excluding hydrogens is 400 g/mol. The first-order valence-corrected chi connectivity index (χ1v) is 11.6. The molecule has 2 aromatic carbocycles. The van der Waals surface area contributed by atoms with Gasteiger partial charge in [0.15, 0.2) is 0 Å². The van der Waals surface area contributed by atoms with Crippen molar-refractivity contribution in [2.45, 2.75) is 19.4 Å². The van der Waals surface area contributed by atoms with Crippen molar-refractivity contribution in [3.63, 3.8) is 0 Å². The van der Waals surface area contributed by atoms with E-state index in [1.54, 1.807) is 21.3 Å². The Morgan fingerprint density at radius 1 is 0.938 bits per heavy atom. The molecule has 1 aliphatic rings. The van der Waals surface area contributed by atoms with Gasteiger partial charge in [-0.2, -0.15) is 0 Å². The standard InChI is InChI=1S/C27H38N2O3/c1-30-20-19-28(16-8-11-24-9-4-6-12-26(24)31-2)21-23-14-17-29(18-15-23)22-25-10-5-7-13-27(25)32-3/h4-13,23H,14-22H2,1-3H3. The van der Waals surface area contributed by atoms with E-state index >= 15 is 0 Å². The normalized spacial score (nSPS) is 15.5. The first kappa shape index (κ1) is 24.3. The minimum Gasteiger partial charge on any atom is -0.496 e. The number of methoxy groups -OCH3 is 3. The highest BCUT2D eigenvalue weighted by molar-refractivity contribution is 5.57. The zero-order chi connectivity index (χ0) is 22.6. The van der Waals surface area contributed by atoms with Gasteiger partial charge in [-0.3, -0.25) is 9.80 Å². The van der Waals surface area contributed by atoms with E-state index in [-0.39, 0.29) is 0 Å². The highest BCUT2D eigenvalue weighted by atomic mass is 16.5. The molecule has 0 amide bonds. The molecule has 5 nitrogen and oxygen atoms in total. The third kappa shape index (κ3) is 7.37. The van der Waals surface area contributed by atoms with Crippen molar-refractivity contribution in [2.75, 3.05) is 60.7 Å². The Balaban J connectivity index is 1.50. The van der Waals surface area contributed by atoms with Gasteiger partial charge in [0.05, 0.1) is 20.8 Å². The summed E-state index contributed by atoms with van der Waals surface area (Å²) >= 11 is 0. The third-order valence-electron chi connectivity index (χ3n) is 6.22. The highest BCUT2D eigenvalue weighted by Crippen LogP contribution is 2.24. The van der Waals surface area contributed by atoms with Crippen LogP contribution in [-0.4, -0.2) is 70.5 Å². The summed E-state index contributed by atoms with van der Waals surface area (Å²) in [5, 5.41) is 0. The van der Waals surface area contributed by atoms with Crippen LogP contribution in [-0.2, 0) is 11.3 Å². The summed E-state index contributed by atoms with van der Waals surface area (Å²) in [4.78, 5) is 5.06. The fourth-order valence-electron chi connectivity index (χ4n) is 4.38. The molecule has 174 valence electrons. The lowest BCUT2D eigenvalue weighted by molar-refractivity contribution is 0.116. The summed E-state index contributed by atoms with van der Waals surface area (Å²) in [7, 11) is 5.25. The van der Waals surface area contributed by atoms with Crippen molar-refractivity contribution in [1.29, 1.82) is 0 Å². The molecule has 0 aliphatic carbocycles. The summed E-state index contributed by atoms with van der Waals surface area (Å²) in [5.74, 6) is 2.62. The van der Waals surface area contributed by atoms with Gasteiger partial charge >= 0.3 is 0 Å². The SMILES string of the molecule is COCCN(CC=Cc1ccccc1OC)CC1CCN(Cc2ccccc2OC)CC1. The average molecular weight is 439 g/mol. The zero-order valence-corrected chi connectivity index (χ0v) is 19.8. The molecule has 0 unspecified atom stereocenters. The van der Waals surface area contributed by atoms with Crippen molar-refractivity contribution in [2.24, 2.45) is 5.92 Å². The molecule has 0 spiro atoms. The summed E-state index contributed by atoms with van der Waals surface area (Å²) in [6.45, 7) is 6.98. The molecule has 32 heavy (non-hydrogen) atoms. The molecule has 1 saturated heterocycles. The Hall–Kier alpha value is -2.34. The molecule has 0 aromatic heterocycles. The topological polar surface area (TPSA) is 34.2 Å². The average Bonchev–Trinajstić information content (AvgIpc) is 2.84. The van der Waals surface area contributed by atoms with E-state index in [1.165, 1.54) is 18.4 Å². The van der Waals surface area contributed by atoms with Crippen molar-refractivity contribution in [1.82, 2.24) is 9.80 Å². The minimum absolute atomic E-state index is 0.723. The second kappa shape index (κ2) is 13.3. The van der Waals surface area contributed by atoms with Crippen LogP contribution in [0.4, 0.5) is 0 Å². The van der Waals surface area contributed by atoms with Gasteiger partial charge < -0.3 is 14.2 Å². The molecule has 2 aromatic rings. The number of ether oxygens (including phenoxy) is 3. The van der Waals surface area contributed by atoms with Crippen LogP contribution in [0.25, 0.3) is 6.08 Å². The van der Waals surface area contributed by atoms with E-state index in [4.69, 9.17) is 14.2 Å². The summed E-state index contributed by atoms with van der Waals surface area (Å²) < 4.78 is 16.3. The molecule has 0 N–H and O–H groups in total. The fourth-order valence-corrected chi connectivity index (χ4v) is 4.38. The summed E-state index contributed by atoms with van der Waals surface area (Å²) in [6.07, 6.45) is 6.86. The smallest absolute Gasteiger partial charge is 0.126 e. The van der Waals surface area contributed by atoms with Crippen molar-refractivity contribution in [3.05, 3.63) is 65.7 Å². The van der Waals surface area contributed by atoms with E-state index in [0.717, 1.165) is 68.9 Å². The number of nitrogens with zero attached hydrogens (tertiary/aromatic N) is 2. The van der Waals surface area contributed by atoms with Crippen LogP contribution in [0.3, 0.4) is 0 Å². The number of hydrogen-bond donors (Lipinski definition) is 0. The second-order valence-electron chi connectivity index (χ2n) is 8.43. The number of rotatable bonds is 12. The van der Waals surface area contributed by atoms with E-state index in [2.05, 4.69) is 40.2 Å². The lowest BCUT2D eigenvalue weighted by atomic mass is 9.95.